The first-order chi connectivity index (χ1) is 26.6. The molecule has 54 heavy (non-hydrogen) atoms. The predicted octanol–water partition coefficient (Wildman–Crippen LogP) is 10.6. The largest absolute Gasteiger partial charge is 0.288 e. The second kappa shape index (κ2) is 20.1. The van der Waals surface area contributed by atoms with Gasteiger partial charge < -0.3 is 0 Å². The van der Waals surface area contributed by atoms with Crippen LogP contribution in [0.3, 0.4) is 0 Å². The third kappa shape index (κ3) is 11.9. The van der Waals surface area contributed by atoms with E-state index in [2.05, 4.69) is 211 Å². The SMILES string of the molecule is CCC(=NN(Cc1ccccc1)Cc1ccccc1)C(=NN(Cc1ccccc1)Cc1ccccc1)C(C)=NN(Cc1ccccc1)Cc1ccccc1. The molecule has 0 amide bonds. The molecule has 0 unspecified atom stereocenters. The van der Waals surface area contributed by atoms with E-state index < -0.39 is 0 Å². The third-order valence-corrected chi connectivity index (χ3v) is 8.99. The lowest BCUT2D eigenvalue weighted by Crippen LogP contribution is -2.32. The van der Waals surface area contributed by atoms with Crippen molar-refractivity contribution in [1.29, 1.82) is 0 Å². The summed E-state index contributed by atoms with van der Waals surface area (Å²) in [7, 11) is 0. The second-order valence-electron chi connectivity index (χ2n) is 13.4. The van der Waals surface area contributed by atoms with Crippen molar-refractivity contribution in [2.45, 2.75) is 59.5 Å². The second-order valence-corrected chi connectivity index (χ2v) is 13.4. The lowest BCUT2D eigenvalue weighted by molar-refractivity contribution is 0.266. The molecule has 6 aromatic carbocycles. The molecule has 0 aliphatic heterocycles. The first-order valence-electron chi connectivity index (χ1n) is 18.8. The van der Waals surface area contributed by atoms with E-state index in [9.17, 15) is 0 Å². The van der Waals surface area contributed by atoms with Crippen LogP contribution in [0, 0.1) is 0 Å². The van der Waals surface area contributed by atoms with Crippen molar-refractivity contribution in [3.8, 4) is 0 Å². The van der Waals surface area contributed by atoms with Crippen molar-refractivity contribution < 1.29 is 0 Å². The van der Waals surface area contributed by atoms with Gasteiger partial charge in [-0.25, -0.2) is 0 Å². The highest BCUT2D eigenvalue weighted by Gasteiger charge is 2.19. The molecule has 0 aliphatic rings. The van der Waals surface area contributed by atoms with Crippen molar-refractivity contribution >= 4 is 17.1 Å². The van der Waals surface area contributed by atoms with Gasteiger partial charge in [0.25, 0.3) is 0 Å². The molecule has 0 heterocycles. The van der Waals surface area contributed by atoms with Gasteiger partial charge in [0.05, 0.1) is 50.7 Å². The lowest BCUT2D eigenvalue weighted by Gasteiger charge is -2.25. The van der Waals surface area contributed by atoms with Gasteiger partial charge in [0.15, 0.2) is 0 Å². The normalized spacial score (nSPS) is 12.0. The minimum absolute atomic E-state index is 0.638. The minimum atomic E-state index is 0.638. The van der Waals surface area contributed by atoms with Crippen LogP contribution in [0.5, 0.6) is 0 Å². The standard InChI is InChI=1S/C48H50N6/c1-3-47(50-53(36-43-26-14-6-15-27-43)37-44-28-16-7-17-29-44)48(51-54(38-45-30-18-8-19-31-45)39-46-32-20-9-21-33-46)40(2)49-52(34-41-22-10-4-11-23-41)35-42-24-12-5-13-25-42/h4-33H,3,34-39H2,1-2H3. The molecule has 6 rings (SSSR count). The van der Waals surface area contributed by atoms with E-state index in [-0.39, 0.29) is 0 Å². The van der Waals surface area contributed by atoms with E-state index >= 15 is 0 Å². The summed E-state index contributed by atoms with van der Waals surface area (Å²) in [6.45, 7) is 8.15. The molecule has 0 N–H and O–H groups in total. The molecular weight excluding hydrogens is 661 g/mol. The molecule has 0 aromatic heterocycles. The summed E-state index contributed by atoms with van der Waals surface area (Å²) >= 11 is 0. The Hall–Kier alpha value is -6.27. The highest BCUT2D eigenvalue weighted by molar-refractivity contribution is 6.68. The van der Waals surface area contributed by atoms with E-state index in [4.69, 9.17) is 15.3 Å². The van der Waals surface area contributed by atoms with Crippen LogP contribution in [-0.2, 0) is 39.3 Å². The summed E-state index contributed by atoms with van der Waals surface area (Å²) in [4.78, 5) is 0. The zero-order chi connectivity index (χ0) is 37.2. The zero-order valence-corrected chi connectivity index (χ0v) is 31.5. The van der Waals surface area contributed by atoms with Crippen LogP contribution in [0.25, 0.3) is 0 Å². The van der Waals surface area contributed by atoms with Crippen molar-refractivity contribution in [1.82, 2.24) is 15.0 Å². The summed E-state index contributed by atoms with van der Waals surface area (Å²) in [6, 6.07) is 63.3. The average Bonchev–Trinajstić information content (AvgIpc) is 3.21. The highest BCUT2D eigenvalue weighted by atomic mass is 15.5. The predicted molar refractivity (Wildman–Crippen MR) is 225 cm³/mol. The first kappa shape index (κ1) is 37.5. The summed E-state index contributed by atoms with van der Waals surface area (Å²) in [6.07, 6.45) is 0.674. The van der Waals surface area contributed by atoms with E-state index in [0.717, 1.165) is 17.1 Å². The number of rotatable bonds is 18. The maximum absolute atomic E-state index is 5.51. The van der Waals surface area contributed by atoms with E-state index in [0.29, 0.717) is 45.7 Å². The van der Waals surface area contributed by atoms with Crippen molar-refractivity contribution in [2.24, 2.45) is 15.3 Å². The highest BCUT2D eigenvalue weighted by Crippen LogP contribution is 2.17. The van der Waals surface area contributed by atoms with E-state index in [1.807, 2.05) is 0 Å². The number of hydrazone groups is 3. The Morgan fingerprint density at radius 1 is 0.352 bits per heavy atom. The van der Waals surface area contributed by atoms with Gasteiger partial charge in [-0.3, -0.25) is 15.0 Å². The van der Waals surface area contributed by atoms with Crippen LogP contribution in [0.15, 0.2) is 197 Å². The smallest absolute Gasteiger partial charge is 0.129 e. The van der Waals surface area contributed by atoms with Crippen LogP contribution in [0.4, 0.5) is 0 Å². The lowest BCUT2D eigenvalue weighted by atomic mass is 10.1. The van der Waals surface area contributed by atoms with Crippen LogP contribution < -0.4 is 0 Å². The molecule has 6 heteroatoms. The molecule has 0 saturated carbocycles. The van der Waals surface area contributed by atoms with Crippen LogP contribution in [0.1, 0.15) is 53.6 Å². The van der Waals surface area contributed by atoms with E-state index in [1.165, 1.54) is 33.4 Å². The average molecular weight is 711 g/mol. The molecule has 272 valence electrons. The van der Waals surface area contributed by atoms with Crippen LogP contribution >= 0.6 is 0 Å². The summed E-state index contributed by atoms with van der Waals surface area (Å²) in [5.41, 5.74) is 9.63. The molecule has 0 atom stereocenters. The fourth-order valence-corrected chi connectivity index (χ4v) is 6.34. The fraction of sp³-hybridized carbons (Fsp3) is 0.188. The third-order valence-electron chi connectivity index (χ3n) is 8.99. The topological polar surface area (TPSA) is 46.8 Å². The van der Waals surface area contributed by atoms with Gasteiger partial charge in [-0.15, -0.1) is 0 Å². The minimum Gasteiger partial charge on any atom is -0.288 e. The molecule has 0 spiro atoms. The molecule has 6 aromatic rings. The number of hydrogen-bond acceptors (Lipinski definition) is 6. The fourth-order valence-electron chi connectivity index (χ4n) is 6.34. The Morgan fingerprint density at radius 2 is 0.593 bits per heavy atom. The van der Waals surface area contributed by atoms with Gasteiger partial charge >= 0.3 is 0 Å². The zero-order valence-electron chi connectivity index (χ0n) is 31.5. The van der Waals surface area contributed by atoms with Crippen molar-refractivity contribution in [3.63, 3.8) is 0 Å². The van der Waals surface area contributed by atoms with Gasteiger partial charge in [0.1, 0.15) is 5.71 Å². The molecule has 6 nitrogen and oxygen atoms in total. The summed E-state index contributed by atoms with van der Waals surface area (Å²) < 4.78 is 0. The van der Waals surface area contributed by atoms with Crippen LogP contribution in [0.2, 0.25) is 0 Å². The van der Waals surface area contributed by atoms with Crippen LogP contribution in [-0.4, -0.2) is 32.2 Å². The molecule has 0 aliphatic carbocycles. The van der Waals surface area contributed by atoms with Gasteiger partial charge in [-0.2, -0.15) is 15.3 Å². The maximum Gasteiger partial charge on any atom is 0.129 e. The number of hydrogen-bond donors (Lipinski definition) is 0. The maximum atomic E-state index is 5.51. The quantitative estimate of drug-likeness (QED) is 0.0659. The van der Waals surface area contributed by atoms with Gasteiger partial charge in [0.2, 0.25) is 0 Å². The van der Waals surface area contributed by atoms with Crippen molar-refractivity contribution in [2.75, 3.05) is 0 Å². The van der Waals surface area contributed by atoms with E-state index in [1.54, 1.807) is 0 Å². The molecular formula is C48H50N6. The van der Waals surface area contributed by atoms with Crippen molar-refractivity contribution in [3.05, 3.63) is 215 Å². The Bertz CT molecular complexity index is 1930. The Morgan fingerprint density at radius 3 is 0.852 bits per heavy atom. The molecule has 0 saturated heterocycles. The Labute approximate surface area is 321 Å². The Kier molecular flexibility index (Phi) is 14.0. The number of benzene rings is 6. The van der Waals surface area contributed by atoms with Gasteiger partial charge in [-0.05, 0) is 46.7 Å². The summed E-state index contributed by atoms with van der Waals surface area (Å²) in [5.74, 6) is 0. The molecule has 0 fully saturated rings. The van der Waals surface area contributed by atoms with Gasteiger partial charge in [-0.1, -0.05) is 189 Å². The van der Waals surface area contributed by atoms with Gasteiger partial charge in [0, 0.05) is 0 Å². The first-order valence-corrected chi connectivity index (χ1v) is 18.8. The molecule has 0 bridgehead atoms. The Balaban J connectivity index is 1.46. The summed E-state index contributed by atoms with van der Waals surface area (Å²) in [5, 5.41) is 22.8. The molecule has 0 radical (unpaired) electrons. The number of nitrogens with zero attached hydrogens (tertiary/aromatic N) is 6. The monoisotopic (exact) mass is 710 g/mol.